The summed E-state index contributed by atoms with van der Waals surface area (Å²) in [4.78, 5) is 4.34. The van der Waals surface area contributed by atoms with Crippen molar-refractivity contribution in [1.29, 1.82) is 0 Å². The van der Waals surface area contributed by atoms with E-state index in [0.717, 1.165) is 0 Å². The van der Waals surface area contributed by atoms with E-state index in [4.69, 9.17) is 9.26 Å². The summed E-state index contributed by atoms with van der Waals surface area (Å²) in [7, 11) is 0. The molecular formula is C11H18N2O3. The van der Waals surface area contributed by atoms with Crippen molar-refractivity contribution in [2.75, 3.05) is 13.2 Å². The van der Waals surface area contributed by atoms with Gasteiger partial charge in [-0.1, -0.05) is 25.9 Å². The van der Waals surface area contributed by atoms with Gasteiger partial charge in [-0.15, -0.1) is 0 Å². The fourth-order valence-electron chi connectivity index (χ4n) is 1.65. The Morgan fingerprint density at radius 1 is 1.38 bits per heavy atom. The molecule has 1 aromatic rings. The molecule has 2 atom stereocenters. The maximum absolute atomic E-state index is 9.83. The fourth-order valence-corrected chi connectivity index (χ4v) is 1.65. The van der Waals surface area contributed by atoms with E-state index in [-0.39, 0.29) is 11.3 Å². The lowest BCUT2D eigenvalue weighted by atomic mass is 9.95. The van der Waals surface area contributed by atoms with Gasteiger partial charge in [0.05, 0.1) is 18.6 Å². The zero-order valence-electron chi connectivity index (χ0n) is 9.93. The summed E-state index contributed by atoms with van der Waals surface area (Å²) < 4.78 is 10.5. The summed E-state index contributed by atoms with van der Waals surface area (Å²) in [6, 6.07) is 0. The minimum absolute atomic E-state index is 0.137. The summed E-state index contributed by atoms with van der Waals surface area (Å²) in [5.41, 5.74) is -0.137. The Hall–Kier alpha value is -0.940. The van der Waals surface area contributed by atoms with Crippen LogP contribution in [0.15, 0.2) is 4.52 Å². The number of hydrogen-bond acceptors (Lipinski definition) is 5. The lowest BCUT2D eigenvalue weighted by molar-refractivity contribution is -0.0149. The molecular weight excluding hydrogens is 208 g/mol. The van der Waals surface area contributed by atoms with Crippen molar-refractivity contribution in [3.63, 3.8) is 0 Å². The van der Waals surface area contributed by atoms with Crippen LogP contribution in [0.5, 0.6) is 0 Å². The molecule has 1 saturated heterocycles. The second kappa shape index (κ2) is 4.14. The Bertz CT molecular complexity index is 356. The van der Waals surface area contributed by atoms with Crippen LogP contribution in [-0.2, 0) is 10.2 Å². The standard InChI is InChI=1S/C11H18N2O3/c1-11(2,3)10-12-9(16-13-10)7-6-15-5-4-8(7)14/h7-8,14H,4-6H2,1-3H3. The Kier molecular flexibility index (Phi) is 2.99. The zero-order valence-corrected chi connectivity index (χ0v) is 9.93. The molecule has 0 aromatic carbocycles. The lowest BCUT2D eigenvalue weighted by Crippen LogP contribution is -2.30. The predicted molar refractivity (Wildman–Crippen MR) is 57.2 cm³/mol. The van der Waals surface area contributed by atoms with Gasteiger partial charge in [0.25, 0.3) is 0 Å². The molecule has 1 fully saturated rings. The van der Waals surface area contributed by atoms with Crippen LogP contribution in [-0.4, -0.2) is 34.6 Å². The summed E-state index contributed by atoms with van der Waals surface area (Å²) in [5, 5.41) is 13.8. The molecule has 0 bridgehead atoms. The van der Waals surface area contributed by atoms with Crippen molar-refractivity contribution in [1.82, 2.24) is 10.1 Å². The molecule has 16 heavy (non-hydrogen) atoms. The molecule has 2 unspecified atom stereocenters. The van der Waals surface area contributed by atoms with Gasteiger partial charge in [0, 0.05) is 12.0 Å². The van der Waals surface area contributed by atoms with Crippen molar-refractivity contribution in [2.45, 2.75) is 44.6 Å². The first kappa shape index (κ1) is 11.5. The van der Waals surface area contributed by atoms with Crippen LogP contribution in [0.2, 0.25) is 0 Å². The van der Waals surface area contributed by atoms with E-state index in [1.54, 1.807) is 0 Å². The third-order valence-electron chi connectivity index (χ3n) is 2.75. The first-order chi connectivity index (χ1) is 7.48. The molecule has 0 saturated carbocycles. The average Bonchev–Trinajstić information content (AvgIpc) is 2.66. The third-order valence-corrected chi connectivity index (χ3v) is 2.75. The molecule has 1 aliphatic rings. The highest BCUT2D eigenvalue weighted by Gasteiger charge is 2.31. The normalized spacial score (nSPS) is 27.0. The Balaban J connectivity index is 2.18. The van der Waals surface area contributed by atoms with Crippen LogP contribution in [0.25, 0.3) is 0 Å². The minimum Gasteiger partial charge on any atom is -0.392 e. The quantitative estimate of drug-likeness (QED) is 0.780. The Labute approximate surface area is 94.8 Å². The van der Waals surface area contributed by atoms with E-state index in [9.17, 15) is 5.11 Å². The first-order valence-corrected chi connectivity index (χ1v) is 5.58. The molecule has 0 radical (unpaired) electrons. The number of aliphatic hydroxyl groups excluding tert-OH is 1. The molecule has 1 N–H and O–H groups in total. The van der Waals surface area contributed by atoms with Gasteiger partial charge in [-0.2, -0.15) is 4.98 Å². The lowest BCUT2D eigenvalue weighted by Gasteiger charge is -2.24. The third kappa shape index (κ3) is 2.25. The molecule has 90 valence electrons. The number of nitrogens with zero attached hydrogens (tertiary/aromatic N) is 2. The molecule has 0 spiro atoms. The largest absolute Gasteiger partial charge is 0.392 e. The van der Waals surface area contributed by atoms with Gasteiger partial charge >= 0.3 is 0 Å². The van der Waals surface area contributed by atoms with Gasteiger partial charge in [-0.25, -0.2) is 0 Å². The van der Waals surface area contributed by atoms with E-state index in [1.165, 1.54) is 0 Å². The number of rotatable bonds is 1. The van der Waals surface area contributed by atoms with Gasteiger partial charge in [-0.05, 0) is 6.42 Å². The highest BCUT2D eigenvalue weighted by molar-refractivity contribution is 5.04. The summed E-state index contributed by atoms with van der Waals surface area (Å²) in [6.07, 6.45) is 0.180. The van der Waals surface area contributed by atoms with Crippen LogP contribution < -0.4 is 0 Å². The second-order valence-electron chi connectivity index (χ2n) is 5.24. The van der Waals surface area contributed by atoms with Crippen LogP contribution in [0, 0.1) is 0 Å². The molecule has 5 nitrogen and oxygen atoms in total. The van der Waals surface area contributed by atoms with E-state index in [1.807, 2.05) is 20.8 Å². The second-order valence-corrected chi connectivity index (χ2v) is 5.24. The molecule has 0 amide bonds. The zero-order chi connectivity index (χ0) is 11.8. The van der Waals surface area contributed by atoms with Crippen LogP contribution >= 0.6 is 0 Å². The summed E-state index contributed by atoms with van der Waals surface area (Å²) >= 11 is 0. The number of aromatic nitrogens is 2. The SMILES string of the molecule is CC(C)(C)c1noc(C2COCCC2O)n1. The van der Waals surface area contributed by atoms with E-state index in [2.05, 4.69) is 10.1 Å². The van der Waals surface area contributed by atoms with Crippen LogP contribution in [0.1, 0.15) is 44.8 Å². The van der Waals surface area contributed by atoms with Gasteiger partial charge in [0.2, 0.25) is 5.89 Å². The highest BCUT2D eigenvalue weighted by Crippen LogP contribution is 2.27. The van der Waals surface area contributed by atoms with Crippen molar-refractivity contribution in [3.05, 3.63) is 11.7 Å². The minimum atomic E-state index is -0.443. The molecule has 1 aromatic heterocycles. The van der Waals surface area contributed by atoms with Crippen molar-refractivity contribution >= 4 is 0 Å². The number of ether oxygens (including phenoxy) is 1. The molecule has 2 rings (SSSR count). The maximum Gasteiger partial charge on any atom is 0.234 e. The molecule has 1 aliphatic heterocycles. The van der Waals surface area contributed by atoms with Crippen LogP contribution in [0.3, 0.4) is 0 Å². The maximum atomic E-state index is 9.83. The van der Waals surface area contributed by atoms with Crippen molar-refractivity contribution < 1.29 is 14.4 Å². The van der Waals surface area contributed by atoms with E-state index >= 15 is 0 Å². The van der Waals surface area contributed by atoms with Gasteiger partial charge in [0.15, 0.2) is 5.82 Å². The van der Waals surface area contributed by atoms with Crippen molar-refractivity contribution in [2.24, 2.45) is 0 Å². The van der Waals surface area contributed by atoms with Gasteiger partial charge in [-0.3, -0.25) is 0 Å². The van der Waals surface area contributed by atoms with Gasteiger partial charge in [0.1, 0.15) is 0 Å². The topological polar surface area (TPSA) is 68.4 Å². The molecule has 0 aliphatic carbocycles. The van der Waals surface area contributed by atoms with Crippen LogP contribution in [0.4, 0.5) is 0 Å². The Morgan fingerprint density at radius 3 is 2.69 bits per heavy atom. The predicted octanol–water partition coefficient (Wildman–Crippen LogP) is 1.23. The first-order valence-electron chi connectivity index (χ1n) is 5.58. The monoisotopic (exact) mass is 226 g/mol. The van der Waals surface area contributed by atoms with E-state index < -0.39 is 6.10 Å². The highest BCUT2D eigenvalue weighted by atomic mass is 16.5. The number of hydrogen-bond donors (Lipinski definition) is 1. The fraction of sp³-hybridized carbons (Fsp3) is 0.818. The molecule has 2 heterocycles. The smallest absolute Gasteiger partial charge is 0.234 e. The van der Waals surface area contributed by atoms with Crippen molar-refractivity contribution in [3.8, 4) is 0 Å². The van der Waals surface area contributed by atoms with E-state index in [0.29, 0.717) is 31.3 Å². The number of aliphatic hydroxyl groups is 1. The Morgan fingerprint density at radius 2 is 2.12 bits per heavy atom. The summed E-state index contributed by atoms with van der Waals surface area (Å²) in [6.45, 7) is 7.12. The molecule has 5 heteroatoms. The average molecular weight is 226 g/mol. The van der Waals surface area contributed by atoms with Gasteiger partial charge < -0.3 is 14.4 Å². The summed E-state index contributed by atoms with van der Waals surface area (Å²) in [5.74, 6) is 0.967.